The predicted octanol–water partition coefficient (Wildman–Crippen LogP) is 3.52. The van der Waals surface area contributed by atoms with Crippen LogP contribution in [0.2, 0.25) is 0 Å². The maximum Gasteiger partial charge on any atom is 0.422 e. The Morgan fingerprint density at radius 3 is 2.88 bits per heavy atom. The molecule has 3 rings (SSSR count). The summed E-state index contributed by atoms with van der Waals surface area (Å²) in [6.45, 7) is -0.705. The van der Waals surface area contributed by atoms with E-state index in [4.69, 9.17) is 11.0 Å². The molecule has 0 aliphatic rings. The van der Waals surface area contributed by atoms with Gasteiger partial charge in [0.2, 0.25) is 0 Å². The molecule has 0 bridgehead atoms. The van der Waals surface area contributed by atoms with E-state index in [0.717, 1.165) is 6.92 Å². The first kappa shape index (κ1) is 9.91. The monoisotopic (exact) mass is 377 g/mol. The second-order valence-electron chi connectivity index (χ2n) is 4.69. The highest BCUT2D eigenvalue weighted by atomic mass is 32.2. The highest BCUT2D eigenvalue weighted by Gasteiger charge is 2.29. The third-order valence-electron chi connectivity index (χ3n) is 2.89. The second-order valence-corrected chi connectivity index (χ2v) is 5.82. The molecule has 0 amide bonds. The number of hydrogen-bond donors (Lipinski definition) is 1. The van der Waals surface area contributed by atoms with Crippen molar-refractivity contribution in [1.82, 2.24) is 15.0 Å². The van der Waals surface area contributed by atoms with Gasteiger partial charge in [-0.15, -0.1) is 0 Å². The molecule has 3 aromatic rings. The van der Waals surface area contributed by atoms with Gasteiger partial charge < -0.3 is 9.72 Å². The normalized spacial score (nSPS) is 18.2. The fourth-order valence-electron chi connectivity index (χ4n) is 1.76. The third-order valence-corrected chi connectivity index (χ3v) is 3.81. The van der Waals surface area contributed by atoms with E-state index in [9.17, 15) is 17.4 Å². The van der Waals surface area contributed by atoms with Gasteiger partial charge in [0.05, 0.1) is 41.5 Å². The van der Waals surface area contributed by atoms with Crippen LogP contribution in [-0.2, 0) is 16.5 Å². The van der Waals surface area contributed by atoms with Gasteiger partial charge in [-0.2, -0.15) is 13.2 Å². The zero-order valence-corrected chi connectivity index (χ0v) is 13.3. The summed E-state index contributed by atoms with van der Waals surface area (Å²) in [7, 11) is -2.77. The lowest BCUT2D eigenvalue weighted by molar-refractivity contribution is -0.153. The molecule has 1 aromatic carbocycles. The number of rotatable bonds is 5. The van der Waals surface area contributed by atoms with Crippen molar-refractivity contribution in [2.45, 2.75) is 24.0 Å². The Labute approximate surface area is 155 Å². The van der Waals surface area contributed by atoms with E-state index >= 15 is 0 Å². The maximum absolute atomic E-state index is 13.1. The van der Waals surface area contributed by atoms with E-state index in [-0.39, 0.29) is 16.6 Å². The van der Waals surface area contributed by atoms with Gasteiger partial charge in [-0.05, 0) is 25.1 Å². The van der Waals surface area contributed by atoms with Crippen molar-refractivity contribution < 1.29 is 33.1 Å². The first-order chi connectivity index (χ1) is 15.1. The summed E-state index contributed by atoms with van der Waals surface area (Å²) in [4.78, 5) is 9.82. The van der Waals surface area contributed by atoms with E-state index in [0.29, 0.717) is 0 Å². The molecule has 0 radical (unpaired) electrons. The topological polar surface area (TPSA) is 67.9 Å². The molecule has 132 valence electrons. The molecule has 0 fully saturated rings. The molecule has 0 aliphatic carbocycles. The zero-order valence-electron chi connectivity index (χ0n) is 20.5. The van der Waals surface area contributed by atoms with Crippen LogP contribution >= 0.6 is 0 Å². The molecule has 2 heterocycles. The number of aromatic amines is 1. The average Bonchev–Trinajstić information content (AvgIpc) is 3.17. The molecule has 9 heteroatoms. The highest BCUT2D eigenvalue weighted by Crippen LogP contribution is 2.24. The minimum absolute atomic E-state index is 0.221. The summed E-state index contributed by atoms with van der Waals surface area (Å²) in [6.07, 6.45) is -5.67. The molecule has 1 N–H and O–H groups in total. The number of hydrogen-bond acceptors (Lipinski definition) is 4. The fraction of sp³-hybridized carbons (Fsp3) is 0.250. The Balaban J connectivity index is 2.12. The lowest BCUT2D eigenvalue weighted by Gasteiger charge is -2.13. The van der Waals surface area contributed by atoms with Crippen LogP contribution in [0.3, 0.4) is 0 Å². The maximum atomic E-state index is 13.1. The van der Waals surface area contributed by atoms with Crippen LogP contribution in [0.15, 0.2) is 41.5 Å². The van der Waals surface area contributed by atoms with E-state index in [2.05, 4.69) is 19.7 Å². The number of nitrogens with zero attached hydrogens (tertiary/aromatic N) is 2. The van der Waals surface area contributed by atoms with Gasteiger partial charge in [0.25, 0.3) is 0 Å². The van der Waals surface area contributed by atoms with Crippen LogP contribution in [-0.4, -0.2) is 31.9 Å². The lowest BCUT2D eigenvalue weighted by atomic mass is 10.2. The number of alkyl halides is 3. The van der Waals surface area contributed by atoms with Gasteiger partial charge in [0.1, 0.15) is 5.75 Å². The van der Waals surface area contributed by atoms with Crippen LogP contribution < -0.4 is 4.74 Å². The van der Waals surface area contributed by atoms with Crippen LogP contribution in [0, 0.1) is 6.92 Å². The minimum Gasteiger partial charge on any atom is -0.484 e. The van der Waals surface area contributed by atoms with Crippen LogP contribution in [0.1, 0.15) is 22.2 Å². The Kier molecular flexibility index (Phi) is 2.71. The van der Waals surface area contributed by atoms with Gasteiger partial charge >= 0.3 is 6.18 Å². The first-order valence-corrected chi connectivity index (χ1v) is 7.78. The van der Waals surface area contributed by atoms with Crippen molar-refractivity contribution in [3.63, 3.8) is 0 Å². The summed E-state index contributed by atoms with van der Waals surface area (Å²) in [5.74, 6) is -0.743. The molecule has 5 nitrogen and oxygen atoms in total. The van der Waals surface area contributed by atoms with E-state index in [1.54, 1.807) is 0 Å². The van der Waals surface area contributed by atoms with Crippen molar-refractivity contribution in [2.75, 3.05) is 6.61 Å². The van der Waals surface area contributed by atoms with Crippen molar-refractivity contribution in [3.8, 4) is 5.75 Å². The number of aromatic nitrogens is 3. The average molecular weight is 377 g/mol. The fourth-order valence-corrected chi connectivity index (χ4v) is 2.60. The Morgan fingerprint density at radius 2 is 2.12 bits per heavy atom. The van der Waals surface area contributed by atoms with Gasteiger partial charge in [-0.1, -0.05) is 12.1 Å². The summed E-state index contributed by atoms with van der Waals surface area (Å²) < 4.78 is 119. The van der Waals surface area contributed by atoms with Gasteiger partial charge in [0.15, 0.2) is 11.8 Å². The number of para-hydroxylation sites is 2. The zero-order chi connectivity index (χ0) is 25.0. The molecule has 1 unspecified atom stereocenters. The van der Waals surface area contributed by atoms with Gasteiger partial charge in [-0.3, -0.25) is 9.19 Å². The number of H-pyrrole nitrogens is 1. The summed E-state index contributed by atoms with van der Waals surface area (Å²) >= 11 is 0. The summed E-state index contributed by atoms with van der Waals surface area (Å²) in [6, 6.07) is -3.07. The number of nitrogens with one attached hydrogen (secondary N) is 1. The number of pyridine rings is 1. The molecule has 0 aliphatic heterocycles. The van der Waals surface area contributed by atoms with Crippen molar-refractivity contribution in [3.05, 3.63) is 47.6 Å². The molecule has 25 heavy (non-hydrogen) atoms. The quantitative estimate of drug-likeness (QED) is 0.739. The van der Waals surface area contributed by atoms with Crippen molar-refractivity contribution in [1.29, 1.82) is 0 Å². The summed E-state index contributed by atoms with van der Waals surface area (Å²) in [5, 5.41) is -0.581. The first-order valence-electron chi connectivity index (χ1n) is 10.6. The second kappa shape index (κ2) is 6.83. The number of benzene rings is 1. The van der Waals surface area contributed by atoms with Crippen LogP contribution in [0.25, 0.3) is 11.0 Å². The standard InChI is InChI=1S/C16H14F3N3O2S/c1-10-13(20-7-6-14(10)24-9-16(17,18)19)8-25(23)15-21-11-4-2-3-5-12(11)22-15/h2-7H,8-9H2,1H3,(H,21,22)/i2D,3D,4D,5D,6D,7D,8D2. The van der Waals surface area contributed by atoms with Crippen molar-refractivity contribution in [2.24, 2.45) is 0 Å². The third kappa shape index (κ3) is 4.16. The SMILES string of the molecule is [2H]c1nc(C([2H])([2H])S(=O)c2nc3c([2H])c([2H])c([2H])c([2H])c3[nH]2)c(C)c(OCC(F)(F)F)c1[2H]. The molecule has 1 atom stereocenters. The molecule has 2 aromatic heterocycles. The number of halogens is 3. The molecular formula is C16H14F3N3O2S. The Morgan fingerprint density at radius 1 is 1.36 bits per heavy atom. The highest BCUT2D eigenvalue weighted by molar-refractivity contribution is 7.84. The van der Waals surface area contributed by atoms with Gasteiger partial charge in [0, 0.05) is 14.5 Å². The van der Waals surface area contributed by atoms with E-state index < -0.39 is 82.3 Å². The van der Waals surface area contributed by atoms with Crippen LogP contribution in [0.5, 0.6) is 5.75 Å². The number of imidazole rings is 1. The minimum atomic E-state index is -4.77. The molecular weight excluding hydrogens is 355 g/mol. The van der Waals surface area contributed by atoms with Crippen LogP contribution in [0.4, 0.5) is 13.2 Å². The smallest absolute Gasteiger partial charge is 0.422 e. The Hall–Kier alpha value is -2.42. The predicted molar refractivity (Wildman–Crippen MR) is 86.7 cm³/mol. The number of ether oxygens (including phenoxy) is 1. The largest absolute Gasteiger partial charge is 0.484 e. The molecule has 0 saturated carbocycles. The van der Waals surface area contributed by atoms with E-state index in [1.165, 1.54) is 0 Å². The Bertz CT molecular complexity index is 1250. The van der Waals surface area contributed by atoms with E-state index in [1.807, 2.05) is 0 Å². The summed E-state index contributed by atoms with van der Waals surface area (Å²) in [5.41, 5.74) is -4.57. The van der Waals surface area contributed by atoms with Crippen molar-refractivity contribution >= 4 is 21.8 Å². The number of fused-ring (bicyclic) bond motifs is 1. The molecule has 0 saturated heterocycles. The molecule has 0 spiro atoms. The van der Waals surface area contributed by atoms with Gasteiger partial charge in [-0.25, -0.2) is 4.98 Å². The lowest BCUT2D eigenvalue weighted by Crippen LogP contribution is -2.19.